The molecule has 2 aromatic rings. The molecular formula is C16H11FN2O3. The Kier molecular flexibility index (Phi) is 3.21. The highest BCUT2D eigenvalue weighted by atomic mass is 19.1. The summed E-state index contributed by atoms with van der Waals surface area (Å²) < 4.78 is 13.6. The minimum atomic E-state index is -0.632. The van der Waals surface area contributed by atoms with Gasteiger partial charge in [0.2, 0.25) is 0 Å². The average molecular weight is 298 g/mol. The monoisotopic (exact) mass is 298 g/mol. The van der Waals surface area contributed by atoms with Crippen molar-refractivity contribution >= 4 is 23.4 Å². The summed E-state index contributed by atoms with van der Waals surface area (Å²) in [5.74, 6) is -2.07. The lowest BCUT2D eigenvalue weighted by Gasteiger charge is -2.07. The van der Waals surface area contributed by atoms with Gasteiger partial charge in [0.1, 0.15) is 5.82 Å². The summed E-state index contributed by atoms with van der Waals surface area (Å²) in [5, 5.41) is 2.52. The quantitative estimate of drug-likeness (QED) is 0.865. The molecule has 1 N–H and O–H groups in total. The Bertz CT molecular complexity index is 817. The predicted molar refractivity (Wildman–Crippen MR) is 77.2 cm³/mol. The van der Waals surface area contributed by atoms with Gasteiger partial charge in [-0.15, -0.1) is 0 Å². The summed E-state index contributed by atoms with van der Waals surface area (Å²) in [7, 11) is 1.39. The summed E-state index contributed by atoms with van der Waals surface area (Å²) in [5.41, 5.74) is 0.737. The zero-order chi connectivity index (χ0) is 15.9. The molecule has 1 heterocycles. The smallest absolute Gasteiger partial charge is 0.261 e. The minimum absolute atomic E-state index is 0.0949. The van der Waals surface area contributed by atoms with Crippen molar-refractivity contribution in [3.05, 3.63) is 65.0 Å². The molecule has 0 fully saturated rings. The van der Waals surface area contributed by atoms with Crippen molar-refractivity contribution in [1.29, 1.82) is 0 Å². The van der Waals surface area contributed by atoms with Gasteiger partial charge >= 0.3 is 0 Å². The molecule has 1 aliphatic heterocycles. The molecule has 1 aliphatic rings. The first-order valence-corrected chi connectivity index (χ1v) is 6.51. The Labute approximate surface area is 125 Å². The first kappa shape index (κ1) is 13.9. The second-order valence-corrected chi connectivity index (χ2v) is 4.86. The Morgan fingerprint density at radius 1 is 1.05 bits per heavy atom. The second-order valence-electron chi connectivity index (χ2n) is 4.86. The number of rotatable bonds is 2. The zero-order valence-electron chi connectivity index (χ0n) is 11.6. The van der Waals surface area contributed by atoms with Gasteiger partial charge in [-0.2, -0.15) is 0 Å². The van der Waals surface area contributed by atoms with Crippen LogP contribution in [-0.2, 0) is 0 Å². The molecule has 22 heavy (non-hydrogen) atoms. The van der Waals surface area contributed by atoms with Crippen molar-refractivity contribution in [2.24, 2.45) is 0 Å². The largest absolute Gasteiger partial charge is 0.322 e. The van der Waals surface area contributed by atoms with Gasteiger partial charge in [0.15, 0.2) is 0 Å². The van der Waals surface area contributed by atoms with Crippen LogP contribution in [0.15, 0.2) is 42.5 Å². The van der Waals surface area contributed by atoms with Crippen LogP contribution in [0.1, 0.15) is 31.1 Å². The molecular weight excluding hydrogens is 287 g/mol. The normalized spacial score (nSPS) is 13.3. The number of nitrogens with one attached hydrogen (secondary N) is 1. The van der Waals surface area contributed by atoms with Crippen LogP contribution in [0.2, 0.25) is 0 Å². The van der Waals surface area contributed by atoms with Crippen LogP contribution >= 0.6 is 0 Å². The SMILES string of the molecule is CN1C(=O)c2ccc(NC(=O)c3ccccc3F)cc2C1=O. The van der Waals surface area contributed by atoms with E-state index in [1.54, 1.807) is 6.07 Å². The van der Waals surface area contributed by atoms with E-state index in [1.165, 1.54) is 43.4 Å². The molecule has 0 saturated carbocycles. The van der Waals surface area contributed by atoms with Gasteiger partial charge in [0, 0.05) is 12.7 Å². The van der Waals surface area contributed by atoms with Gasteiger partial charge in [-0.25, -0.2) is 4.39 Å². The average Bonchev–Trinajstić information content (AvgIpc) is 2.72. The molecule has 0 bridgehead atoms. The van der Waals surface area contributed by atoms with E-state index in [2.05, 4.69) is 5.32 Å². The van der Waals surface area contributed by atoms with Gasteiger partial charge in [0.25, 0.3) is 17.7 Å². The van der Waals surface area contributed by atoms with E-state index in [1.807, 2.05) is 0 Å². The second kappa shape index (κ2) is 5.07. The van der Waals surface area contributed by atoms with E-state index < -0.39 is 17.6 Å². The van der Waals surface area contributed by atoms with Crippen LogP contribution in [0, 0.1) is 5.82 Å². The summed E-state index contributed by atoms with van der Waals surface area (Å²) in [6, 6.07) is 9.98. The maximum atomic E-state index is 13.6. The molecule has 0 aromatic heterocycles. The van der Waals surface area contributed by atoms with Gasteiger partial charge < -0.3 is 5.32 Å². The summed E-state index contributed by atoms with van der Waals surface area (Å²) in [6.07, 6.45) is 0. The standard InChI is InChI=1S/C16H11FN2O3/c1-19-15(21)10-7-6-9(8-12(10)16(19)22)18-14(20)11-4-2-3-5-13(11)17/h2-8H,1H3,(H,18,20). The fraction of sp³-hybridized carbons (Fsp3) is 0.0625. The maximum Gasteiger partial charge on any atom is 0.261 e. The van der Waals surface area contributed by atoms with Crippen LogP contribution in [0.5, 0.6) is 0 Å². The molecule has 0 aliphatic carbocycles. The van der Waals surface area contributed by atoms with Crippen LogP contribution < -0.4 is 5.32 Å². The number of carbonyl (C=O) groups is 3. The lowest BCUT2D eigenvalue weighted by Crippen LogP contribution is -2.24. The maximum absolute atomic E-state index is 13.6. The Morgan fingerprint density at radius 3 is 2.45 bits per heavy atom. The van der Waals surface area contributed by atoms with Gasteiger partial charge in [-0.1, -0.05) is 12.1 Å². The van der Waals surface area contributed by atoms with Crippen molar-refractivity contribution in [2.75, 3.05) is 12.4 Å². The summed E-state index contributed by atoms with van der Waals surface area (Å²) in [6.45, 7) is 0. The van der Waals surface area contributed by atoms with E-state index in [0.29, 0.717) is 5.69 Å². The molecule has 3 rings (SSSR count). The Balaban J connectivity index is 1.90. The van der Waals surface area contributed by atoms with Crippen LogP contribution in [-0.4, -0.2) is 29.7 Å². The zero-order valence-corrected chi connectivity index (χ0v) is 11.6. The first-order chi connectivity index (χ1) is 10.5. The number of fused-ring (bicyclic) bond motifs is 1. The molecule has 0 saturated heterocycles. The molecule has 3 amide bonds. The molecule has 0 radical (unpaired) electrons. The van der Waals surface area contributed by atoms with Crippen LogP contribution in [0.4, 0.5) is 10.1 Å². The van der Waals surface area contributed by atoms with E-state index in [4.69, 9.17) is 0 Å². The van der Waals surface area contributed by atoms with E-state index >= 15 is 0 Å². The van der Waals surface area contributed by atoms with Crippen molar-refractivity contribution in [3.8, 4) is 0 Å². The van der Waals surface area contributed by atoms with Gasteiger partial charge in [-0.3, -0.25) is 19.3 Å². The first-order valence-electron chi connectivity index (χ1n) is 6.51. The lowest BCUT2D eigenvalue weighted by atomic mass is 10.1. The van der Waals surface area contributed by atoms with Gasteiger partial charge in [-0.05, 0) is 30.3 Å². The summed E-state index contributed by atoms with van der Waals surface area (Å²) >= 11 is 0. The highest BCUT2D eigenvalue weighted by Gasteiger charge is 2.32. The van der Waals surface area contributed by atoms with Gasteiger partial charge in [0.05, 0.1) is 16.7 Å². The number of imide groups is 1. The fourth-order valence-corrected chi connectivity index (χ4v) is 2.28. The third-order valence-corrected chi connectivity index (χ3v) is 3.47. The number of halogens is 1. The molecule has 0 unspecified atom stereocenters. The van der Waals surface area contributed by atoms with E-state index in [9.17, 15) is 18.8 Å². The number of carbonyl (C=O) groups excluding carboxylic acids is 3. The van der Waals surface area contributed by atoms with E-state index in [0.717, 1.165) is 4.90 Å². The molecule has 110 valence electrons. The van der Waals surface area contributed by atoms with Crippen molar-refractivity contribution in [1.82, 2.24) is 4.90 Å². The third kappa shape index (κ3) is 2.14. The Hall–Kier alpha value is -3.02. The minimum Gasteiger partial charge on any atom is -0.322 e. The summed E-state index contributed by atoms with van der Waals surface area (Å²) in [4.78, 5) is 36.7. The highest BCUT2D eigenvalue weighted by Crippen LogP contribution is 2.25. The van der Waals surface area contributed by atoms with Crippen molar-refractivity contribution in [2.45, 2.75) is 0 Å². The molecule has 0 spiro atoms. The number of benzene rings is 2. The number of anilines is 1. The van der Waals surface area contributed by atoms with Crippen LogP contribution in [0.25, 0.3) is 0 Å². The highest BCUT2D eigenvalue weighted by molar-refractivity contribution is 6.21. The fourth-order valence-electron chi connectivity index (χ4n) is 2.28. The number of nitrogens with zero attached hydrogens (tertiary/aromatic N) is 1. The Morgan fingerprint density at radius 2 is 1.73 bits per heavy atom. The molecule has 6 heteroatoms. The third-order valence-electron chi connectivity index (χ3n) is 3.47. The number of hydrogen-bond donors (Lipinski definition) is 1. The van der Waals surface area contributed by atoms with Crippen LogP contribution in [0.3, 0.4) is 0 Å². The van der Waals surface area contributed by atoms with Crippen molar-refractivity contribution in [3.63, 3.8) is 0 Å². The molecule has 2 aromatic carbocycles. The van der Waals surface area contributed by atoms with Crippen molar-refractivity contribution < 1.29 is 18.8 Å². The molecule has 5 nitrogen and oxygen atoms in total. The van der Waals surface area contributed by atoms with E-state index in [-0.39, 0.29) is 22.6 Å². The number of amides is 3. The predicted octanol–water partition coefficient (Wildman–Crippen LogP) is 2.30. The molecule has 0 atom stereocenters. The lowest BCUT2D eigenvalue weighted by molar-refractivity contribution is 0.0692. The number of hydrogen-bond acceptors (Lipinski definition) is 3. The topological polar surface area (TPSA) is 66.5 Å².